The summed E-state index contributed by atoms with van der Waals surface area (Å²) >= 11 is 1.44. The van der Waals surface area contributed by atoms with Crippen molar-refractivity contribution in [2.75, 3.05) is 54.4 Å². The molecule has 4 aromatic carbocycles. The first-order chi connectivity index (χ1) is 35.5. The van der Waals surface area contributed by atoms with Crippen LogP contribution in [0.15, 0.2) is 95.4 Å². The molecule has 2 saturated heterocycles. The molecule has 6 heterocycles. The lowest BCUT2D eigenvalue weighted by molar-refractivity contribution is -0.134. The van der Waals surface area contributed by atoms with Gasteiger partial charge in [-0.3, -0.25) is 29.9 Å². The molecule has 11 rings (SSSR count). The van der Waals surface area contributed by atoms with Gasteiger partial charge in [-0.15, -0.1) is 0 Å². The van der Waals surface area contributed by atoms with E-state index >= 15 is 0 Å². The number of carbonyl (C=O) groups is 4. The van der Waals surface area contributed by atoms with Crippen LogP contribution in [0.4, 0.5) is 17.0 Å². The van der Waals surface area contributed by atoms with Crippen LogP contribution in [0.3, 0.4) is 0 Å². The van der Waals surface area contributed by atoms with Crippen LogP contribution < -0.4 is 25.2 Å². The number of ether oxygens (including phenoxy) is 1. The summed E-state index contributed by atoms with van der Waals surface area (Å²) in [5, 5.41) is 16.5. The molecule has 1 aliphatic carbocycles. The van der Waals surface area contributed by atoms with E-state index in [0.717, 1.165) is 108 Å². The number of nitrogens with zero attached hydrogens (tertiary/aromatic N) is 6. The molecule has 3 amide bonds. The predicted molar refractivity (Wildman–Crippen MR) is 283 cm³/mol. The molecule has 7 aromatic rings. The van der Waals surface area contributed by atoms with Gasteiger partial charge in [0.05, 0.1) is 22.2 Å². The second-order valence-electron chi connectivity index (χ2n) is 20.3. The van der Waals surface area contributed by atoms with Crippen molar-refractivity contribution in [1.29, 1.82) is 0 Å². The number of thiazole rings is 1. The number of piperidine rings is 1. The van der Waals surface area contributed by atoms with Gasteiger partial charge in [-0.25, -0.2) is 14.8 Å². The van der Waals surface area contributed by atoms with Crippen molar-refractivity contribution in [3.05, 3.63) is 125 Å². The number of amides is 3. The van der Waals surface area contributed by atoms with Gasteiger partial charge in [0.25, 0.3) is 11.9 Å². The zero-order chi connectivity index (χ0) is 50.2. The lowest BCUT2D eigenvalue weighted by atomic mass is 9.83. The van der Waals surface area contributed by atoms with E-state index in [1.165, 1.54) is 24.2 Å². The minimum absolute atomic E-state index is 0.0213. The summed E-state index contributed by atoms with van der Waals surface area (Å²) in [5.41, 5.74) is 7.85. The molecule has 0 radical (unpaired) electrons. The molecule has 3 aromatic heterocycles. The summed E-state index contributed by atoms with van der Waals surface area (Å²) in [5.74, 6) is 0.411. The molecule has 1 saturated carbocycles. The second kappa shape index (κ2) is 20.7. The van der Waals surface area contributed by atoms with Gasteiger partial charge in [0.1, 0.15) is 17.1 Å². The number of carboxylic acid groups (broad SMARTS) is 1. The van der Waals surface area contributed by atoms with Crippen molar-refractivity contribution in [1.82, 2.24) is 25.2 Å². The first kappa shape index (κ1) is 48.1. The molecule has 15 nitrogen and oxygen atoms in total. The maximum absolute atomic E-state index is 13.7. The number of carbonyl (C=O) groups excluding carboxylic acids is 3. The highest BCUT2D eigenvalue weighted by Crippen LogP contribution is 2.38. The SMILES string of the molecule is Cc1c(OC2CCC(CC[C@H](C)CN3CCN(c4nc5ccc(C6CCC(=O)NC6=O)cc5o4)CC3)CC2)cccc1-c1ccc(N2CCc3cccc(C(=O)Nc4nc5ccccc5s4)c3C2)nc1C(=O)O. The first-order valence-corrected chi connectivity index (χ1v) is 26.6. The number of aromatic carboxylic acids is 1. The number of nitrogens with one attached hydrogen (secondary N) is 2. The number of hydrogen-bond acceptors (Lipinski definition) is 13. The van der Waals surface area contributed by atoms with E-state index in [1.807, 2.05) is 103 Å². The fourth-order valence-corrected chi connectivity index (χ4v) is 12.2. The van der Waals surface area contributed by atoms with E-state index in [0.29, 0.717) is 77.9 Å². The van der Waals surface area contributed by atoms with Crippen LogP contribution in [0, 0.1) is 18.8 Å². The zero-order valence-electron chi connectivity index (χ0n) is 41.3. The Labute approximate surface area is 428 Å². The molecule has 16 heteroatoms. The van der Waals surface area contributed by atoms with E-state index in [1.54, 1.807) is 0 Å². The number of carboxylic acids is 1. The van der Waals surface area contributed by atoms with E-state index in [-0.39, 0.29) is 35.4 Å². The van der Waals surface area contributed by atoms with Crippen LogP contribution in [0.2, 0.25) is 0 Å². The largest absolute Gasteiger partial charge is 0.490 e. The second-order valence-corrected chi connectivity index (χ2v) is 21.3. The average Bonchev–Trinajstić information content (AvgIpc) is 4.03. The number of oxazole rings is 1. The van der Waals surface area contributed by atoms with Gasteiger partial charge >= 0.3 is 5.97 Å². The van der Waals surface area contributed by atoms with Crippen LogP contribution in [0.1, 0.15) is 107 Å². The van der Waals surface area contributed by atoms with E-state index in [4.69, 9.17) is 19.1 Å². The van der Waals surface area contributed by atoms with Crippen molar-refractivity contribution >= 4 is 73.3 Å². The number of para-hydroxylation sites is 1. The predicted octanol–water partition coefficient (Wildman–Crippen LogP) is 10.0. The highest BCUT2D eigenvalue weighted by molar-refractivity contribution is 7.22. The highest BCUT2D eigenvalue weighted by Gasteiger charge is 2.31. The fraction of sp³-hybridized carbons (Fsp3) is 0.386. The Morgan fingerprint density at radius 1 is 0.849 bits per heavy atom. The zero-order valence-corrected chi connectivity index (χ0v) is 42.1. The number of hydrogen-bond donors (Lipinski definition) is 3. The molecule has 0 bridgehead atoms. The van der Waals surface area contributed by atoms with Crippen molar-refractivity contribution in [3.63, 3.8) is 0 Å². The number of fused-ring (bicyclic) bond motifs is 3. The lowest BCUT2D eigenvalue weighted by Crippen LogP contribution is -2.47. The molecule has 4 aliphatic rings. The molecule has 3 aliphatic heterocycles. The Morgan fingerprint density at radius 2 is 1.67 bits per heavy atom. The van der Waals surface area contributed by atoms with Gasteiger partial charge in [0.15, 0.2) is 16.4 Å². The van der Waals surface area contributed by atoms with E-state index < -0.39 is 5.97 Å². The maximum Gasteiger partial charge on any atom is 0.355 e. The molecule has 3 N–H and O–H groups in total. The molecular formula is C57H60N8O7S. The number of pyridine rings is 1. The molecular weight excluding hydrogens is 941 g/mol. The third-order valence-electron chi connectivity index (χ3n) is 15.4. The van der Waals surface area contributed by atoms with Gasteiger partial charge in [-0.2, -0.15) is 4.98 Å². The van der Waals surface area contributed by atoms with Crippen LogP contribution >= 0.6 is 11.3 Å². The van der Waals surface area contributed by atoms with Crippen LogP contribution in [-0.4, -0.2) is 94.0 Å². The number of rotatable bonds is 14. The average molecular weight is 1000 g/mol. The van der Waals surface area contributed by atoms with Gasteiger partial charge in [0, 0.05) is 63.4 Å². The fourth-order valence-electron chi connectivity index (χ4n) is 11.3. The molecule has 73 heavy (non-hydrogen) atoms. The quantitative estimate of drug-likeness (QED) is 0.0876. The summed E-state index contributed by atoms with van der Waals surface area (Å²) in [7, 11) is 0. The standard InChI is InChI=1S/C57H60N8O7S/c1-34(32-63-27-29-64(30-28-63)57-59-45-22-17-38(31-48(45)72-57)41-21-24-51(66)61-53(41)67)13-14-36-15-18-39(19-16-36)71-47-11-6-8-40(35(47)2)42-20-23-50(60-52(42)55(69)70)65-26-25-37-7-5-9-43(44(37)33-65)54(68)62-56-58-46-10-3-4-12-49(46)73-56/h3-12,17,20,22-23,31,34,36,39,41H,13-16,18-19,21,24-30,32-33H2,1-2H3,(H,69,70)(H,58,62,68)(H,61,66,67)/t34-,36?,39?,41?/m0/s1. The topological polar surface area (TPSA) is 183 Å². The van der Waals surface area contributed by atoms with Crippen LogP contribution in [0.5, 0.6) is 5.75 Å². The third-order valence-corrected chi connectivity index (χ3v) is 16.4. The molecule has 376 valence electrons. The van der Waals surface area contributed by atoms with Crippen molar-refractivity contribution in [2.24, 2.45) is 11.8 Å². The monoisotopic (exact) mass is 1000 g/mol. The number of benzene rings is 4. The Bertz CT molecular complexity index is 3190. The van der Waals surface area contributed by atoms with Crippen molar-refractivity contribution < 1.29 is 33.4 Å². The summed E-state index contributed by atoms with van der Waals surface area (Å²) < 4.78 is 13.9. The van der Waals surface area contributed by atoms with Crippen LogP contribution in [-0.2, 0) is 22.6 Å². The Morgan fingerprint density at radius 3 is 2.48 bits per heavy atom. The van der Waals surface area contributed by atoms with E-state index in [9.17, 15) is 24.3 Å². The number of anilines is 3. The molecule has 0 spiro atoms. The Balaban J connectivity index is 0.655. The number of imide groups is 1. The minimum Gasteiger partial charge on any atom is -0.490 e. The number of aromatic nitrogens is 3. The maximum atomic E-state index is 13.7. The summed E-state index contributed by atoms with van der Waals surface area (Å²) in [6, 6.07) is 29.5. The molecule has 3 fully saturated rings. The normalized spacial score (nSPS) is 19.9. The van der Waals surface area contributed by atoms with Gasteiger partial charge < -0.3 is 24.1 Å². The van der Waals surface area contributed by atoms with Crippen LogP contribution in [0.25, 0.3) is 32.4 Å². The lowest BCUT2D eigenvalue weighted by Gasteiger charge is -2.35. The van der Waals surface area contributed by atoms with E-state index in [2.05, 4.69) is 32.3 Å². The summed E-state index contributed by atoms with van der Waals surface area (Å²) in [6.07, 6.45) is 8.24. The summed E-state index contributed by atoms with van der Waals surface area (Å²) in [6.45, 7) is 10.0. The molecule has 2 atom stereocenters. The van der Waals surface area contributed by atoms with Crippen molar-refractivity contribution in [2.45, 2.75) is 90.2 Å². The molecule has 1 unspecified atom stereocenters. The van der Waals surface area contributed by atoms with Gasteiger partial charge in [0.2, 0.25) is 11.8 Å². The smallest absolute Gasteiger partial charge is 0.355 e. The Hall–Kier alpha value is -7.17. The summed E-state index contributed by atoms with van der Waals surface area (Å²) in [4.78, 5) is 71.6. The van der Waals surface area contributed by atoms with Gasteiger partial charge in [-0.1, -0.05) is 67.1 Å². The first-order valence-electron chi connectivity index (χ1n) is 25.7. The third kappa shape index (κ3) is 10.4. The highest BCUT2D eigenvalue weighted by atomic mass is 32.1. The van der Waals surface area contributed by atoms with Gasteiger partial charge in [-0.05, 0) is 140 Å². The number of piperazine rings is 1. The Kier molecular flexibility index (Phi) is 13.7. The minimum atomic E-state index is -1.10. The van der Waals surface area contributed by atoms with Crippen molar-refractivity contribution in [3.8, 4) is 16.9 Å².